The van der Waals surface area contributed by atoms with Crippen molar-refractivity contribution in [2.75, 3.05) is 39.8 Å². The van der Waals surface area contributed by atoms with Crippen molar-refractivity contribution in [3.05, 3.63) is 0 Å². The van der Waals surface area contributed by atoms with Crippen LogP contribution in [0.25, 0.3) is 0 Å². The zero-order chi connectivity index (χ0) is 13.8. The van der Waals surface area contributed by atoms with E-state index in [1.807, 2.05) is 4.90 Å². The Morgan fingerprint density at radius 1 is 1.42 bits per heavy atom. The first-order valence-electron chi connectivity index (χ1n) is 7.13. The van der Waals surface area contributed by atoms with E-state index < -0.39 is 6.10 Å². The molecule has 0 aromatic carbocycles. The molecule has 0 saturated carbocycles. The van der Waals surface area contributed by atoms with Crippen molar-refractivity contribution < 1.29 is 15.0 Å². The lowest BCUT2D eigenvalue weighted by atomic mass is 10.0. The van der Waals surface area contributed by atoms with E-state index in [0.29, 0.717) is 19.5 Å². The number of hydrogen-bond donors (Lipinski definition) is 3. The highest BCUT2D eigenvalue weighted by molar-refractivity contribution is 5.82. The van der Waals surface area contributed by atoms with Gasteiger partial charge in [0.15, 0.2) is 0 Å². The lowest BCUT2D eigenvalue weighted by Gasteiger charge is -2.38. The molecule has 2 saturated heterocycles. The van der Waals surface area contributed by atoms with Crippen LogP contribution in [-0.2, 0) is 4.79 Å². The number of nitrogens with one attached hydrogen (secondary N) is 1. The maximum Gasteiger partial charge on any atom is 0.240 e. The summed E-state index contributed by atoms with van der Waals surface area (Å²) in [5.41, 5.74) is 0. The summed E-state index contributed by atoms with van der Waals surface area (Å²) in [5.74, 6) is 0.0279. The van der Waals surface area contributed by atoms with Gasteiger partial charge in [0, 0.05) is 19.1 Å². The van der Waals surface area contributed by atoms with Crippen LogP contribution in [0, 0.1) is 0 Å². The number of carbonyl (C=O) groups is 1. The normalized spacial score (nSPS) is 29.6. The molecule has 0 bridgehead atoms. The predicted molar refractivity (Wildman–Crippen MR) is 71.7 cm³/mol. The Morgan fingerprint density at radius 2 is 2.11 bits per heavy atom. The van der Waals surface area contributed by atoms with E-state index in [1.165, 1.54) is 0 Å². The minimum atomic E-state index is -0.428. The molecule has 0 spiro atoms. The number of likely N-dealkylation sites (tertiary alicyclic amines) is 1. The van der Waals surface area contributed by atoms with Gasteiger partial charge >= 0.3 is 0 Å². The van der Waals surface area contributed by atoms with Crippen LogP contribution in [0.3, 0.4) is 0 Å². The summed E-state index contributed by atoms with van der Waals surface area (Å²) in [4.78, 5) is 16.6. The van der Waals surface area contributed by atoms with Crippen molar-refractivity contribution in [2.24, 2.45) is 0 Å². The fourth-order valence-corrected chi connectivity index (χ4v) is 2.99. The van der Waals surface area contributed by atoms with Crippen LogP contribution in [0.4, 0.5) is 0 Å². The summed E-state index contributed by atoms with van der Waals surface area (Å²) in [6, 6.07) is -0.0726. The standard InChI is InChI=1S/C13H25N3O3/c1-15-4-2-10(3-5-15)16(6-7-17)13(19)12-8-11(18)9-14-12/h10-12,14,17-18H,2-9H2,1H3. The molecule has 2 fully saturated rings. The quantitative estimate of drug-likeness (QED) is 0.588. The van der Waals surface area contributed by atoms with Gasteiger partial charge in [-0.2, -0.15) is 0 Å². The number of carbonyl (C=O) groups excluding carboxylic acids is 1. The monoisotopic (exact) mass is 271 g/mol. The highest BCUT2D eigenvalue weighted by atomic mass is 16.3. The minimum absolute atomic E-state index is 0.00659. The van der Waals surface area contributed by atoms with Gasteiger partial charge in [-0.3, -0.25) is 4.79 Å². The number of aliphatic hydroxyl groups is 2. The molecule has 2 unspecified atom stereocenters. The molecule has 2 aliphatic heterocycles. The first-order valence-corrected chi connectivity index (χ1v) is 7.13. The SMILES string of the molecule is CN1CCC(N(CCO)C(=O)C2CC(O)CN2)CC1. The minimum Gasteiger partial charge on any atom is -0.395 e. The molecule has 110 valence electrons. The van der Waals surface area contributed by atoms with E-state index in [2.05, 4.69) is 17.3 Å². The number of amides is 1. The molecule has 2 rings (SSSR count). The largest absolute Gasteiger partial charge is 0.395 e. The zero-order valence-corrected chi connectivity index (χ0v) is 11.6. The van der Waals surface area contributed by atoms with Gasteiger partial charge < -0.3 is 25.3 Å². The molecule has 6 nitrogen and oxygen atoms in total. The van der Waals surface area contributed by atoms with Gasteiger partial charge in [-0.15, -0.1) is 0 Å². The topological polar surface area (TPSA) is 76.0 Å². The molecule has 3 N–H and O–H groups in total. The molecule has 2 aliphatic rings. The van der Waals surface area contributed by atoms with Crippen molar-refractivity contribution in [1.29, 1.82) is 0 Å². The number of nitrogens with zero attached hydrogens (tertiary/aromatic N) is 2. The first-order chi connectivity index (χ1) is 9.11. The lowest BCUT2D eigenvalue weighted by Crippen LogP contribution is -2.52. The molecule has 19 heavy (non-hydrogen) atoms. The van der Waals surface area contributed by atoms with Crippen LogP contribution in [0.2, 0.25) is 0 Å². The van der Waals surface area contributed by atoms with E-state index in [1.54, 1.807) is 0 Å². The Labute approximate surface area is 114 Å². The maximum absolute atomic E-state index is 12.5. The third kappa shape index (κ3) is 3.66. The summed E-state index contributed by atoms with van der Waals surface area (Å²) < 4.78 is 0. The molecule has 2 heterocycles. The summed E-state index contributed by atoms with van der Waals surface area (Å²) in [6.45, 7) is 2.84. The lowest BCUT2D eigenvalue weighted by molar-refractivity contribution is -0.137. The average Bonchev–Trinajstić information content (AvgIpc) is 2.83. The number of hydrogen-bond acceptors (Lipinski definition) is 5. The van der Waals surface area contributed by atoms with Crippen LogP contribution >= 0.6 is 0 Å². The van der Waals surface area contributed by atoms with E-state index in [4.69, 9.17) is 0 Å². The number of β-amino-alcohol motifs (C(OH)–C–C–N with tert-alkyl or cyclic N) is 1. The number of piperidine rings is 1. The Hall–Kier alpha value is -0.690. The molecule has 0 aromatic rings. The molecule has 1 amide bonds. The van der Waals surface area contributed by atoms with E-state index in [-0.39, 0.29) is 24.6 Å². The molecule has 2 atom stereocenters. The van der Waals surface area contributed by atoms with Gasteiger partial charge in [0.25, 0.3) is 0 Å². The fraction of sp³-hybridized carbons (Fsp3) is 0.923. The van der Waals surface area contributed by atoms with Crippen molar-refractivity contribution in [2.45, 2.75) is 37.5 Å². The van der Waals surface area contributed by atoms with E-state index >= 15 is 0 Å². The summed E-state index contributed by atoms with van der Waals surface area (Å²) >= 11 is 0. The Bertz CT molecular complexity index is 306. The Morgan fingerprint density at radius 3 is 2.63 bits per heavy atom. The van der Waals surface area contributed by atoms with Gasteiger partial charge in [-0.25, -0.2) is 0 Å². The van der Waals surface area contributed by atoms with Crippen LogP contribution in [0.1, 0.15) is 19.3 Å². The average molecular weight is 271 g/mol. The van der Waals surface area contributed by atoms with E-state index in [0.717, 1.165) is 25.9 Å². The second-order valence-corrected chi connectivity index (χ2v) is 5.64. The Balaban J connectivity index is 1.96. The molecular weight excluding hydrogens is 246 g/mol. The van der Waals surface area contributed by atoms with E-state index in [9.17, 15) is 15.0 Å². The molecular formula is C13H25N3O3. The van der Waals surface area contributed by atoms with Crippen LogP contribution < -0.4 is 5.32 Å². The highest BCUT2D eigenvalue weighted by Crippen LogP contribution is 2.18. The van der Waals surface area contributed by atoms with Gasteiger partial charge in [0.1, 0.15) is 0 Å². The van der Waals surface area contributed by atoms with Crippen molar-refractivity contribution in [3.8, 4) is 0 Å². The van der Waals surface area contributed by atoms with Gasteiger partial charge in [0.2, 0.25) is 5.91 Å². The zero-order valence-electron chi connectivity index (χ0n) is 11.6. The van der Waals surface area contributed by atoms with Gasteiger partial charge in [0.05, 0.1) is 18.8 Å². The second kappa shape index (κ2) is 6.65. The highest BCUT2D eigenvalue weighted by Gasteiger charge is 2.34. The Kier molecular flexibility index (Phi) is 5.15. The van der Waals surface area contributed by atoms with Crippen molar-refractivity contribution in [1.82, 2.24) is 15.1 Å². The summed E-state index contributed by atoms with van der Waals surface area (Å²) in [7, 11) is 2.09. The van der Waals surface area contributed by atoms with Gasteiger partial charge in [-0.05, 0) is 39.4 Å². The van der Waals surface area contributed by atoms with Crippen LogP contribution in [0.15, 0.2) is 0 Å². The van der Waals surface area contributed by atoms with Crippen molar-refractivity contribution >= 4 is 5.91 Å². The summed E-state index contributed by atoms with van der Waals surface area (Å²) in [5, 5.41) is 21.8. The number of rotatable bonds is 4. The maximum atomic E-state index is 12.5. The summed E-state index contributed by atoms with van der Waals surface area (Å²) in [6.07, 6.45) is 1.96. The predicted octanol–water partition coefficient (Wildman–Crippen LogP) is -1.38. The second-order valence-electron chi connectivity index (χ2n) is 5.64. The van der Waals surface area contributed by atoms with Crippen molar-refractivity contribution in [3.63, 3.8) is 0 Å². The fourth-order valence-electron chi connectivity index (χ4n) is 2.99. The molecule has 6 heteroatoms. The van der Waals surface area contributed by atoms with Gasteiger partial charge in [-0.1, -0.05) is 0 Å². The molecule has 0 aliphatic carbocycles. The molecule has 0 radical (unpaired) electrons. The van der Waals surface area contributed by atoms with Crippen LogP contribution in [0.5, 0.6) is 0 Å². The molecule has 0 aromatic heterocycles. The first kappa shape index (κ1) is 14.7. The van der Waals surface area contributed by atoms with Crippen LogP contribution in [-0.4, -0.2) is 83.9 Å². The third-order valence-electron chi connectivity index (χ3n) is 4.16. The number of aliphatic hydroxyl groups excluding tert-OH is 2. The smallest absolute Gasteiger partial charge is 0.240 e. The third-order valence-corrected chi connectivity index (χ3v) is 4.16.